The number of hydrogen-bond donors (Lipinski definition) is 2. The summed E-state index contributed by atoms with van der Waals surface area (Å²) in [7, 11) is -3.45. The number of sulfonamides is 1. The maximum Gasteiger partial charge on any atom is 0.240 e. The molecule has 6 heteroatoms. The average molecular weight is 296 g/mol. The zero-order chi connectivity index (χ0) is 14.0. The Labute approximate surface area is 119 Å². The van der Waals surface area contributed by atoms with Gasteiger partial charge >= 0.3 is 0 Å². The molecule has 0 aromatic heterocycles. The standard InChI is InChI=1S/C14H20N2O3S/c17-20(18,16-10-12-4-2-8-19-12)13-6-5-11-3-1-7-15-14(11)9-13/h5-6,9,12,15-16H,1-4,7-8,10H2. The van der Waals surface area contributed by atoms with Crippen molar-refractivity contribution in [1.82, 2.24) is 4.72 Å². The molecular formula is C14H20N2O3S. The fourth-order valence-electron chi connectivity index (χ4n) is 2.70. The lowest BCUT2D eigenvalue weighted by Gasteiger charge is -2.19. The van der Waals surface area contributed by atoms with Crippen LogP contribution in [-0.2, 0) is 21.2 Å². The molecule has 2 aliphatic rings. The minimum absolute atomic E-state index is 0.0144. The Hall–Kier alpha value is -1.11. The molecule has 5 nitrogen and oxygen atoms in total. The lowest BCUT2D eigenvalue weighted by Crippen LogP contribution is -2.32. The molecule has 0 bridgehead atoms. The second-order valence-corrected chi connectivity index (χ2v) is 7.10. The summed E-state index contributed by atoms with van der Waals surface area (Å²) < 4.78 is 32.6. The summed E-state index contributed by atoms with van der Waals surface area (Å²) >= 11 is 0. The van der Waals surface area contributed by atoms with E-state index in [1.807, 2.05) is 6.07 Å². The molecule has 0 radical (unpaired) electrons. The lowest BCUT2D eigenvalue weighted by molar-refractivity contribution is 0.114. The fraction of sp³-hybridized carbons (Fsp3) is 0.571. The molecule has 1 atom stereocenters. The molecule has 2 N–H and O–H groups in total. The van der Waals surface area contributed by atoms with E-state index in [9.17, 15) is 8.42 Å². The predicted molar refractivity (Wildman–Crippen MR) is 77.4 cm³/mol. The average Bonchev–Trinajstić information content (AvgIpc) is 2.98. The van der Waals surface area contributed by atoms with Gasteiger partial charge in [-0.15, -0.1) is 0 Å². The maximum absolute atomic E-state index is 12.3. The largest absolute Gasteiger partial charge is 0.385 e. The molecule has 0 aliphatic carbocycles. The molecule has 20 heavy (non-hydrogen) atoms. The summed E-state index contributed by atoms with van der Waals surface area (Å²) in [5.41, 5.74) is 2.13. The van der Waals surface area contributed by atoms with Crippen LogP contribution in [0.4, 0.5) is 5.69 Å². The molecule has 0 saturated carbocycles. The van der Waals surface area contributed by atoms with E-state index in [1.54, 1.807) is 12.1 Å². The fourth-order valence-corrected chi connectivity index (χ4v) is 3.79. The van der Waals surface area contributed by atoms with E-state index in [1.165, 1.54) is 5.56 Å². The second kappa shape index (κ2) is 5.71. The van der Waals surface area contributed by atoms with E-state index >= 15 is 0 Å². The minimum Gasteiger partial charge on any atom is -0.385 e. The topological polar surface area (TPSA) is 67.4 Å². The molecule has 1 aromatic rings. The Balaban J connectivity index is 1.73. The second-order valence-electron chi connectivity index (χ2n) is 5.34. The van der Waals surface area contributed by atoms with Crippen molar-refractivity contribution < 1.29 is 13.2 Å². The van der Waals surface area contributed by atoms with Crippen LogP contribution in [0.3, 0.4) is 0 Å². The van der Waals surface area contributed by atoms with Crippen LogP contribution in [0.15, 0.2) is 23.1 Å². The first-order chi connectivity index (χ1) is 9.65. The van der Waals surface area contributed by atoms with Crippen LogP contribution in [0.1, 0.15) is 24.8 Å². The third-order valence-corrected chi connectivity index (χ3v) is 5.28. The smallest absolute Gasteiger partial charge is 0.240 e. The Morgan fingerprint density at radius 3 is 3.05 bits per heavy atom. The van der Waals surface area contributed by atoms with Gasteiger partial charge in [-0.2, -0.15) is 0 Å². The van der Waals surface area contributed by atoms with Gasteiger partial charge in [-0.05, 0) is 43.4 Å². The number of hydrogen-bond acceptors (Lipinski definition) is 4. The molecule has 1 fully saturated rings. The van der Waals surface area contributed by atoms with Crippen molar-refractivity contribution in [1.29, 1.82) is 0 Å². The van der Waals surface area contributed by atoms with E-state index < -0.39 is 10.0 Å². The van der Waals surface area contributed by atoms with Crippen molar-refractivity contribution in [2.24, 2.45) is 0 Å². The van der Waals surface area contributed by atoms with Crippen molar-refractivity contribution in [3.63, 3.8) is 0 Å². The molecule has 1 unspecified atom stereocenters. The van der Waals surface area contributed by atoms with Crippen LogP contribution < -0.4 is 10.0 Å². The molecular weight excluding hydrogens is 276 g/mol. The van der Waals surface area contributed by atoms with E-state index in [0.717, 1.165) is 44.5 Å². The van der Waals surface area contributed by atoms with E-state index in [2.05, 4.69) is 10.0 Å². The number of aryl methyl sites for hydroxylation is 1. The number of fused-ring (bicyclic) bond motifs is 1. The molecule has 1 saturated heterocycles. The van der Waals surface area contributed by atoms with Crippen molar-refractivity contribution in [3.8, 4) is 0 Å². The van der Waals surface area contributed by atoms with Gasteiger partial charge in [0.2, 0.25) is 10.0 Å². The third-order valence-electron chi connectivity index (χ3n) is 3.85. The van der Waals surface area contributed by atoms with Crippen LogP contribution in [0.2, 0.25) is 0 Å². The van der Waals surface area contributed by atoms with Crippen molar-refractivity contribution in [3.05, 3.63) is 23.8 Å². The molecule has 2 heterocycles. The number of benzene rings is 1. The van der Waals surface area contributed by atoms with E-state index in [-0.39, 0.29) is 6.10 Å². The number of ether oxygens (including phenoxy) is 1. The summed E-state index contributed by atoms with van der Waals surface area (Å²) in [6.45, 7) is 1.99. The summed E-state index contributed by atoms with van der Waals surface area (Å²) in [5.74, 6) is 0. The van der Waals surface area contributed by atoms with Gasteiger partial charge in [0.05, 0.1) is 11.0 Å². The lowest BCUT2D eigenvalue weighted by atomic mass is 10.0. The van der Waals surface area contributed by atoms with Gasteiger partial charge < -0.3 is 10.1 Å². The quantitative estimate of drug-likeness (QED) is 0.883. The predicted octanol–water partition coefficient (Wildman–Crippen LogP) is 1.50. The Morgan fingerprint density at radius 2 is 2.25 bits per heavy atom. The van der Waals surface area contributed by atoms with E-state index in [0.29, 0.717) is 11.4 Å². The Kier molecular flexibility index (Phi) is 3.96. The Morgan fingerprint density at radius 1 is 1.35 bits per heavy atom. The van der Waals surface area contributed by atoms with E-state index in [4.69, 9.17) is 4.74 Å². The summed E-state index contributed by atoms with van der Waals surface area (Å²) in [6, 6.07) is 5.32. The highest BCUT2D eigenvalue weighted by molar-refractivity contribution is 7.89. The highest BCUT2D eigenvalue weighted by Crippen LogP contribution is 2.25. The number of nitrogens with one attached hydrogen (secondary N) is 2. The number of anilines is 1. The molecule has 2 aliphatic heterocycles. The monoisotopic (exact) mass is 296 g/mol. The van der Waals surface area contributed by atoms with Crippen LogP contribution in [0.25, 0.3) is 0 Å². The third kappa shape index (κ3) is 2.97. The van der Waals surface area contributed by atoms with Gasteiger partial charge in [-0.25, -0.2) is 13.1 Å². The molecule has 0 spiro atoms. The molecule has 3 rings (SSSR count). The van der Waals surface area contributed by atoms with Crippen LogP contribution >= 0.6 is 0 Å². The van der Waals surface area contributed by atoms with Crippen molar-refractivity contribution in [2.75, 3.05) is 25.0 Å². The first-order valence-electron chi connectivity index (χ1n) is 7.13. The molecule has 1 aromatic carbocycles. The van der Waals surface area contributed by atoms with Crippen molar-refractivity contribution in [2.45, 2.75) is 36.7 Å². The molecule has 110 valence electrons. The van der Waals surface area contributed by atoms with Crippen LogP contribution in [0, 0.1) is 0 Å². The zero-order valence-electron chi connectivity index (χ0n) is 11.4. The normalized spacial score (nSPS) is 22.3. The molecule has 0 amide bonds. The van der Waals surface area contributed by atoms with Gasteiger partial charge in [0.1, 0.15) is 0 Å². The minimum atomic E-state index is -3.45. The maximum atomic E-state index is 12.3. The first-order valence-corrected chi connectivity index (χ1v) is 8.61. The van der Waals surface area contributed by atoms with Crippen LogP contribution in [0.5, 0.6) is 0 Å². The van der Waals surface area contributed by atoms with Gasteiger partial charge in [-0.1, -0.05) is 6.07 Å². The van der Waals surface area contributed by atoms with Gasteiger partial charge in [0.15, 0.2) is 0 Å². The van der Waals surface area contributed by atoms with Crippen molar-refractivity contribution >= 4 is 15.7 Å². The van der Waals surface area contributed by atoms with Gasteiger partial charge in [0.25, 0.3) is 0 Å². The Bertz CT molecular complexity index is 580. The number of rotatable bonds is 4. The SMILES string of the molecule is O=S(=O)(NCC1CCCO1)c1ccc2c(c1)NCCC2. The van der Waals surface area contributed by atoms with Gasteiger partial charge in [0, 0.05) is 25.4 Å². The zero-order valence-corrected chi connectivity index (χ0v) is 12.2. The summed E-state index contributed by atoms with van der Waals surface area (Å²) in [5, 5.41) is 3.26. The highest BCUT2D eigenvalue weighted by Gasteiger charge is 2.21. The van der Waals surface area contributed by atoms with Crippen LogP contribution in [-0.4, -0.2) is 34.2 Å². The summed E-state index contributed by atoms with van der Waals surface area (Å²) in [6.07, 6.45) is 4.05. The summed E-state index contributed by atoms with van der Waals surface area (Å²) in [4.78, 5) is 0.323. The first kappa shape index (κ1) is 13.9. The highest BCUT2D eigenvalue weighted by atomic mass is 32.2. The van der Waals surface area contributed by atoms with Gasteiger partial charge in [-0.3, -0.25) is 0 Å².